The third-order valence-corrected chi connectivity index (χ3v) is 3.65. The van der Waals surface area contributed by atoms with Crippen LogP contribution in [0.5, 0.6) is 5.75 Å². The van der Waals surface area contributed by atoms with Crippen molar-refractivity contribution < 1.29 is 24.0 Å². The van der Waals surface area contributed by atoms with Crippen molar-refractivity contribution in [3.8, 4) is 5.75 Å². The highest BCUT2D eigenvalue weighted by molar-refractivity contribution is 5.99. The van der Waals surface area contributed by atoms with E-state index in [0.29, 0.717) is 22.9 Å². The second-order valence-electron chi connectivity index (χ2n) is 5.06. The van der Waals surface area contributed by atoms with Gasteiger partial charge < -0.3 is 19.3 Å². The molecule has 3 rings (SSSR count). The monoisotopic (exact) mass is 302 g/mol. The number of benzene rings is 1. The average Bonchev–Trinajstić information content (AvgIpc) is 2.81. The summed E-state index contributed by atoms with van der Waals surface area (Å²) in [4.78, 5) is 24.8. The molecule has 0 saturated carbocycles. The molecule has 7 nitrogen and oxygen atoms in total. The molecule has 1 aliphatic heterocycles. The fourth-order valence-corrected chi connectivity index (χ4v) is 2.39. The molecule has 1 amide bonds. The highest BCUT2D eigenvalue weighted by atomic mass is 16.5. The number of ether oxygens (including phenoxy) is 1. The number of carboxylic acids is 1. The number of nitrogens with zero attached hydrogens (tertiary/aromatic N) is 2. The van der Waals surface area contributed by atoms with Crippen molar-refractivity contribution in [1.82, 2.24) is 5.16 Å². The summed E-state index contributed by atoms with van der Waals surface area (Å²) in [5.41, 5.74) is 2.05. The smallest absolute Gasteiger partial charge is 0.335 e. The summed E-state index contributed by atoms with van der Waals surface area (Å²) in [7, 11) is 0. The van der Waals surface area contributed by atoms with Gasteiger partial charge in [-0.05, 0) is 32.0 Å². The normalized spacial score (nSPS) is 13.7. The molecule has 7 heteroatoms. The van der Waals surface area contributed by atoms with E-state index in [4.69, 9.17) is 14.4 Å². The Morgan fingerprint density at radius 2 is 2.18 bits per heavy atom. The Labute approximate surface area is 126 Å². The number of amides is 1. The van der Waals surface area contributed by atoms with Gasteiger partial charge in [-0.25, -0.2) is 4.79 Å². The molecule has 0 spiro atoms. The summed E-state index contributed by atoms with van der Waals surface area (Å²) < 4.78 is 10.5. The van der Waals surface area contributed by atoms with Crippen LogP contribution in [0, 0.1) is 13.8 Å². The van der Waals surface area contributed by atoms with Gasteiger partial charge in [0, 0.05) is 5.56 Å². The number of fused-ring (bicyclic) bond motifs is 1. The van der Waals surface area contributed by atoms with Crippen LogP contribution in [0.3, 0.4) is 0 Å². The highest BCUT2D eigenvalue weighted by Gasteiger charge is 2.28. The molecule has 1 aromatic heterocycles. The number of carbonyl (C=O) groups is 2. The summed E-state index contributed by atoms with van der Waals surface area (Å²) in [5, 5.41) is 13.0. The summed E-state index contributed by atoms with van der Waals surface area (Å²) in [5.74, 6) is -0.183. The molecule has 0 saturated heterocycles. The Bertz CT molecular complexity index is 746. The quantitative estimate of drug-likeness (QED) is 0.931. The lowest BCUT2D eigenvalue weighted by Crippen LogP contribution is -2.38. The number of aryl methyl sites for hydroxylation is 2. The minimum Gasteiger partial charge on any atom is -0.482 e. The van der Waals surface area contributed by atoms with Gasteiger partial charge >= 0.3 is 5.97 Å². The Morgan fingerprint density at radius 3 is 2.82 bits per heavy atom. The maximum absolute atomic E-state index is 12.2. The predicted octanol–water partition coefficient (Wildman–Crippen LogP) is 1.92. The summed E-state index contributed by atoms with van der Waals surface area (Å²) in [6.07, 6.45) is 0. The van der Waals surface area contributed by atoms with Crippen molar-refractivity contribution in [2.24, 2.45) is 0 Å². The van der Waals surface area contributed by atoms with Crippen LogP contribution in [0.25, 0.3) is 0 Å². The Kier molecular flexibility index (Phi) is 3.32. The zero-order valence-corrected chi connectivity index (χ0v) is 12.1. The van der Waals surface area contributed by atoms with E-state index in [0.717, 1.165) is 5.56 Å². The fraction of sp³-hybridized carbons (Fsp3) is 0.267. The number of aromatic carboxylic acids is 1. The number of carboxylic acid groups (broad SMARTS) is 1. The van der Waals surface area contributed by atoms with Crippen molar-refractivity contribution >= 4 is 17.6 Å². The summed E-state index contributed by atoms with van der Waals surface area (Å²) >= 11 is 0. The minimum atomic E-state index is -1.06. The van der Waals surface area contributed by atoms with Crippen molar-refractivity contribution in [3.63, 3.8) is 0 Å². The van der Waals surface area contributed by atoms with E-state index in [-0.39, 0.29) is 24.6 Å². The third-order valence-electron chi connectivity index (χ3n) is 3.65. The first-order chi connectivity index (χ1) is 10.5. The van der Waals surface area contributed by atoms with E-state index in [9.17, 15) is 9.59 Å². The second-order valence-corrected chi connectivity index (χ2v) is 5.06. The lowest BCUT2D eigenvalue weighted by molar-refractivity contribution is -0.121. The number of carbonyl (C=O) groups excluding carboxylic acids is 1. The molecule has 0 unspecified atom stereocenters. The van der Waals surface area contributed by atoms with E-state index in [1.54, 1.807) is 19.9 Å². The Hall–Kier alpha value is -2.83. The largest absolute Gasteiger partial charge is 0.482 e. The van der Waals surface area contributed by atoms with Crippen LogP contribution in [0.1, 0.15) is 27.4 Å². The van der Waals surface area contributed by atoms with E-state index in [2.05, 4.69) is 5.16 Å². The molecule has 1 aromatic carbocycles. The van der Waals surface area contributed by atoms with Gasteiger partial charge in [0.05, 0.1) is 23.5 Å². The number of aromatic nitrogens is 1. The standard InChI is InChI=1S/C15H14N2O5/c1-8-11(9(2)22-16-8)6-17-12-5-10(15(19)20)3-4-13(12)21-7-14(17)18/h3-5H,6-7H2,1-2H3,(H,19,20). The molecule has 0 fully saturated rings. The first kappa shape index (κ1) is 14.1. The molecule has 2 aromatic rings. The van der Waals surface area contributed by atoms with Crippen LogP contribution >= 0.6 is 0 Å². The van der Waals surface area contributed by atoms with Crippen LogP contribution in [0.2, 0.25) is 0 Å². The molecular formula is C15H14N2O5. The molecule has 1 N–H and O–H groups in total. The molecule has 22 heavy (non-hydrogen) atoms. The van der Waals surface area contributed by atoms with Crippen molar-refractivity contribution in [2.45, 2.75) is 20.4 Å². The number of hydrogen-bond acceptors (Lipinski definition) is 5. The van der Waals surface area contributed by atoms with Gasteiger partial charge in [-0.3, -0.25) is 4.79 Å². The molecule has 0 bridgehead atoms. The Balaban J connectivity index is 2.03. The molecule has 1 aliphatic rings. The van der Waals surface area contributed by atoms with E-state index in [1.807, 2.05) is 0 Å². The van der Waals surface area contributed by atoms with Crippen LogP contribution in [-0.4, -0.2) is 28.7 Å². The van der Waals surface area contributed by atoms with Crippen LogP contribution in [0.15, 0.2) is 22.7 Å². The predicted molar refractivity (Wildman–Crippen MR) is 76.1 cm³/mol. The van der Waals surface area contributed by atoms with Crippen molar-refractivity contribution in [2.75, 3.05) is 11.5 Å². The zero-order chi connectivity index (χ0) is 15.9. The van der Waals surface area contributed by atoms with E-state index < -0.39 is 5.97 Å². The maximum Gasteiger partial charge on any atom is 0.335 e. The van der Waals surface area contributed by atoms with Gasteiger partial charge in [0.2, 0.25) is 0 Å². The number of hydrogen-bond donors (Lipinski definition) is 1. The lowest BCUT2D eigenvalue weighted by Gasteiger charge is -2.29. The van der Waals surface area contributed by atoms with Crippen molar-refractivity contribution in [3.05, 3.63) is 40.8 Å². The molecule has 2 heterocycles. The van der Waals surface area contributed by atoms with E-state index >= 15 is 0 Å². The van der Waals surface area contributed by atoms with Crippen molar-refractivity contribution in [1.29, 1.82) is 0 Å². The van der Waals surface area contributed by atoms with E-state index in [1.165, 1.54) is 17.0 Å². The zero-order valence-electron chi connectivity index (χ0n) is 12.1. The van der Waals surface area contributed by atoms with Crippen LogP contribution in [-0.2, 0) is 11.3 Å². The lowest BCUT2D eigenvalue weighted by atomic mass is 10.1. The molecule has 114 valence electrons. The van der Waals surface area contributed by atoms with Gasteiger partial charge in [0.25, 0.3) is 5.91 Å². The van der Waals surface area contributed by atoms with Crippen LogP contribution < -0.4 is 9.64 Å². The average molecular weight is 302 g/mol. The Morgan fingerprint density at radius 1 is 1.41 bits per heavy atom. The van der Waals surface area contributed by atoms with Gasteiger partial charge in [-0.2, -0.15) is 0 Å². The first-order valence-corrected chi connectivity index (χ1v) is 6.69. The van der Waals surface area contributed by atoms with Gasteiger partial charge in [-0.1, -0.05) is 5.16 Å². The fourth-order valence-electron chi connectivity index (χ4n) is 2.39. The second kappa shape index (κ2) is 5.18. The molecular weight excluding hydrogens is 288 g/mol. The SMILES string of the molecule is Cc1noc(C)c1CN1C(=O)COc2ccc(C(=O)O)cc21. The van der Waals surface area contributed by atoms with Gasteiger partial charge in [0.1, 0.15) is 11.5 Å². The van der Waals surface area contributed by atoms with Gasteiger partial charge in [0.15, 0.2) is 6.61 Å². The minimum absolute atomic E-state index is 0.0806. The van der Waals surface area contributed by atoms with Crippen LogP contribution in [0.4, 0.5) is 5.69 Å². The summed E-state index contributed by atoms with van der Waals surface area (Å²) in [6, 6.07) is 4.45. The molecule has 0 radical (unpaired) electrons. The third kappa shape index (κ3) is 2.30. The van der Waals surface area contributed by atoms with Gasteiger partial charge in [-0.15, -0.1) is 0 Å². The maximum atomic E-state index is 12.2. The topological polar surface area (TPSA) is 92.9 Å². The number of anilines is 1. The highest BCUT2D eigenvalue weighted by Crippen LogP contribution is 2.34. The number of rotatable bonds is 3. The summed E-state index contributed by atoms with van der Waals surface area (Å²) in [6.45, 7) is 3.75. The first-order valence-electron chi connectivity index (χ1n) is 6.69. The molecule has 0 aliphatic carbocycles. The molecule has 0 atom stereocenters.